The fourth-order valence-corrected chi connectivity index (χ4v) is 4.46. The molecule has 3 N–H and O–H groups in total. The molecule has 3 fully saturated rings. The summed E-state index contributed by atoms with van der Waals surface area (Å²) in [4.78, 5) is 14.6. The Labute approximate surface area is 115 Å². The number of rotatable bonds is 1. The van der Waals surface area contributed by atoms with Crippen molar-refractivity contribution in [2.45, 2.75) is 69.4 Å². The van der Waals surface area contributed by atoms with Crippen LogP contribution in [0.25, 0.3) is 0 Å². The van der Waals surface area contributed by atoms with Crippen molar-refractivity contribution in [1.29, 1.82) is 0 Å². The average molecular weight is 266 g/mol. The van der Waals surface area contributed by atoms with Gasteiger partial charge in [0, 0.05) is 18.5 Å². The molecule has 3 rings (SSSR count). The number of carbonyl (C=O) groups is 1. The number of likely N-dealkylation sites (tertiary alicyclic amines) is 1. The minimum Gasteiger partial charge on any atom is -0.392 e. The molecular formula is C15H26N2O2. The summed E-state index contributed by atoms with van der Waals surface area (Å²) in [5, 5.41) is 10.3. The first-order valence-electron chi connectivity index (χ1n) is 7.82. The quantitative estimate of drug-likeness (QED) is 0.754. The second-order valence-corrected chi connectivity index (χ2v) is 6.96. The maximum absolute atomic E-state index is 12.7. The number of aliphatic hydroxyl groups excluding tert-OH is 1. The van der Waals surface area contributed by atoms with E-state index in [4.69, 9.17) is 5.73 Å². The Hall–Kier alpha value is -0.610. The minimum absolute atomic E-state index is 0.0249. The van der Waals surface area contributed by atoms with Crippen LogP contribution in [0.3, 0.4) is 0 Å². The Morgan fingerprint density at radius 2 is 1.79 bits per heavy atom. The van der Waals surface area contributed by atoms with Crippen molar-refractivity contribution in [3.8, 4) is 0 Å². The third kappa shape index (κ3) is 2.19. The first-order chi connectivity index (χ1) is 9.06. The Kier molecular flexibility index (Phi) is 3.34. The van der Waals surface area contributed by atoms with Crippen LogP contribution in [-0.2, 0) is 4.79 Å². The predicted octanol–water partition coefficient (Wildman–Crippen LogP) is 1.41. The highest BCUT2D eigenvalue weighted by Crippen LogP contribution is 2.45. The van der Waals surface area contributed by atoms with Gasteiger partial charge in [-0.3, -0.25) is 4.79 Å². The largest absolute Gasteiger partial charge is 0.392 e. The molecule has 0 unspecified atom stereocenters. The molecule has 1 heterocycles. The van der Waals surface area contributed by atoms with Gasteiger partial charge in [0.05, 0.1) is 11.6 Å². The van der Waals surface area contributed by atoms with Gasteiger partial charge in [0.2, 0.25) is 5.91 Å². The minimum atomic E-state index is -0.609. The average Bonchev–Trinajstić information content (AvgIpc) is 2.98. The molecule has 1 saturated heterocycles. The van der Waals surface area contributed by atoms with E-state index in [2.05, 4.69) is 0 Å². The van der Waals surface area contributed by atoms with Gasteiger partial charge in [-0.25, -0.2) is 0 Å². The number of aliphatic hydroxyl groups is 1. The van der Waals surface area contributed by atoms with Gasteiger partial charge in [0.25, 0.3) is 0 Å². The standard InChI is InChI=1S/C15H26N2O2/c16-15(8-1-2-9-15)13(19)17-10-4-7-14(11-17)6-3-5-12(14)18/h12,18H,1-11,16H2/t12-,14-/m1/s1. The number of piperidine rings is 1. The van der Waals surface area contributed by atoms with Crippen LogP contribution in [0.1, 0.15) is 57.8 Å². The van der Waals surface area contributed by atoms with E-state index in [1.165, 1.54) is 0 Å². The Bertz CT molecular complexity index is 365. The van der Waals surface area contributed by atoms with Crippen molar-refractivity contribution in [1.82, 2.24) is 4.90 Å². The number of carbonyl (C=O) groups excluding carboxylic acids is 1. The number of amides is 1. The summed E-state index contributed by atoms with van der Waals surface area (Å²) in [5.74, 6) is 0.142. The van der Waals surface area contributed by atoms with Crippen LogP contribution in [0.4, 0.5) is 0 Å². The maximum Gasteiger partial charge on any atom is 0.242 e. The lowest BCUT2D eigenvalue weighted by Gasteiger charge is -2.44. The number of hydrogen-bond donors (Lipinski definition) is 2. The normalized spacial score (nSPS) is 38.0. The molecule has 0 aromatic heterocycles. The highest BCUT2D eigenvalue weighted by molar-refractivity contribution is 5.86. The van der Waals surface area contributed by atoms with E-state index in [0.717, 1.165) is 70.9 Å². The zero-order valence-electron chi connectivity index (χ0n) is 11.7. The van der Waals surface area contributed by atoms with Crippen molar-refractivity contribution in [3.63, 3.8) is 0 Å². The molecule has 4 nitrogen and oxygen atoms in total. The van der Waals surface area contributed by atoms with Gasteiger partial charge in [0.1, 0.15) is 0 Å². The molecule has 19 heavy (non-hydrogen) atoms. The lowest BCUT2D eigenvalue weighted by molar-refractivity contribution is -0.142. The van der Waals surface area contributed by atoms with Crippen LogP contribution in [0.15, 0.2) is 0 Å². The molecule has 1 aliphatic heterocycles. The number of nitrogens with two attached hydrogens (primary N) is 1. The third-order valence-corrected chi connectivity index (χ3v) is 5.68. The first-order valence-corrected chi connectivity index (χ1v) is 7.82. The molecular weight excluding hydrogens is 240 g/mol. The van der Waals surface area contributed by atoms with Crippen LogP contribution in [0.5, 0.6) is 0 Å². The second-order valence-electron chi connectivity index (χ2n) is 6.96. The summed E-state index contributed by atoms with van der Waals surface area (Å²) in [7, 11) is 0. The van der Waals surface area contributed by atoms with Crippen molar-refractivity contribution >= 4 is 5.91 Å². The Morgan fingerprint density at radius 1 is 1.11 bits per heavy atom. The van der Waals surface area contributed by atoms with Crippen LogP contribution < -0.4 is 5.73 Å². The van der Waals surface area contributed by atoms with E-state index in [1.54, 1.807) is 0 Å². The topological polar surface area (TPSA) is 66.6 Å². The van der Waals surface area contributed by atoms with Gasteiger partial charge in [-0.15, -0.1) is 0 Å². The molecule has 108 valence electrons. The van der Waals surface area contributed by atoms with E-state index in [1.807, 2.05) is 4.90 Å². The summed E-state index contributed by atoms with van der Waals surface area (Å²) < 4.78 is 0. The third-order valence-electron chi connectivity index (χ3n) is 5.68. The number of hydrogen-bond acceptors (Lipinski definition) is 3. The van der Waals surface area contributed by atoms with E-state index >= 15 is 0 Å². The molecule has 3 aliphatic rings. The zero-order chi connectivity index (χ0) is 13.5. The SMILES string of the molecule is NC1(C(=O)N2CCC[C@]3(CCC[C@H]3O)C2)CCCC1. The van der Waals surface area contributed by atoms with Gasteiger partial charge in [-0.05, 0) is 38.5 Å². The smallest absolute Gasteiger partial charge is 0.242 e. The number of nitrogens with zero attached hydrogens (tertiary/aromatic N) is 1. The molecule has 2 saturated carbocycles. The lowest BCUT2D eigenvalue weighted by atomic mass is 9.76. The molecule has 2 aliphatic carbocycles. The summed E-state index contributed by atoms with van der Waals surface area (Å²) in [5.41, 5.74) is 5.67. The van der Waals surface area contributed by atoms with Gasteiger partial charge in [0.15, 0.2) is 0 Å². The monoisotopic (exact) mass is 266 g/mol. The molecule has 0 radical (unpaired) electrons. The Morgan fingerprint density at radius 3 is 2.42 bits per heavy atom. The summed E-state index contributed by atoms with van der Waals surface area (Å²) >= 11 is 0. The van der Waals surface area contributed by atoms with Crippen molar-refractivity contribution in [2.75, 3.05) is 13.1 Å². The first kappa shape index (κ1) is 13.4. The van der Waals surface area contributed by atoms with E-state index in [0.29, 0.717) is 0 Å². The Balaban J connectivity index is 1.73. The van der Waals surface area contributed by atoms with E-state index < -0.39 is 5.54 Å². The fourth-order valence-electron chi connectivity index (χ4n) is 4.46. The molecule has 1 spiro atoms. The molecule has 0 aromatic carbocycles. The highest BCUT2D eigenvalue weighted by Gasteiger charge is 2.48. The molecule has 0 aromatic rings. The van der Waals surface area contributed by atoms with Crippen LogP contribution in [-0.4, -0.2) is 40.6 Å². The summed E-state index contributed by atoms with van der Waals surface area (Å²) in [6, 6.07) is 0. The second kappa shape index (κ2) is 4.74. The molecule has 0 bridgehead atoms. The zero-order valence-corrected chi connectivity index (χ0v) is 11.7. The molecule has 2 atom stereocenters. The summed E-state index contributed by atoms with van der Waals surface area (Å²) in [6.07, 6.45) is 8.72. The fraction of sp³-hybridized carbons (Fsp3) is 0.933. The maximum atomic E-state index is 12.7. The predicted molar refractivity (Wildman–Crippen MR) is 73.5 cm³/mol. The molecule has 1 amide bonds. The van der Waals surface area contributed by atoms with Gasteiger partial charge in [-0.1, -0.05) is 19.3 Å². The van der Waals surface area contributed by atoms with Gasteiger partial charge >= 0.3 is 0 Å². The lowest BCUT2D eigenvalue weighted by Crippen LogP contribution is -2.58. The van der Waals surface area contributed by atoms with Crippen molar-refractivity contribution in [3.05, 3.63) is 0 Å². The highest BCUT2D eigenvalue weighted by atomic mass is 16.3. The van der Waals surface area contributed by atoms with Crippen molar-refractivity contribution < 1.29 is 9.90 Å². The molecule has 4 heteroatoms. The van der Waals surface area contributed by atoms with E-state index in [-0.39, 0.29) is 17.4 Å². The van der Waals surface area contributed by atoms with Crippen LogP contribution >= 0.6 is 0 Å². The van der Waals surface area contributed by atoms with Crippen molar-refractivity contribution in [2.24, 2.45) is 11.1 Å². The van der Waals surface area contributed by atoms with Crippen LogP contribution in [0.2, 0.25) is 0 Å². The van der Waals surface area contributed by atoms with Gasteiger partial charge < -0.3 is 15.7 Å². The summed E-state index contributed by atoms with van der Waals surface area (Å²) in [6.45, 7) is 1.55. The van der Waals surface area contributed by atoms with E-state index in [9.17, 15) is 9.90 Å². The van der Waals surface area contributed by atoms with Crippen LogP contribution in [0, 0.1) is 5.41 Å². The van der Waals surface area contributed by atoms with Gasteiger partial charge in [-0.2, -0.15) is 0 Å².